The molecule has 1 aromatic carbocycles. The van der Waals surface area contributed by atoms with E-state index in [0.717, 1.165) is 45.6 Å². The SMILES string of the molecule is CCN1CCCC[C@@H]1C(=O)NCCCN1CCCc2ccccc21. The summed E-state index contributed by atoms with van der Waals surface area (Å²) >= 11 is 0. The second-order valence-corrected chi connectivity index (χ2v) is 7.00. The Labute approximate surface area is 146 Å². The van der Waals surface area contributed by atoms with Crippen molar-refractivity contribution in [1.29, 1.82) is 0 Å². The lowest BCUT2D eigenvalue weighted by Crippen LogP contribution is -2.49. The monoisotopic (exact) mass is 329 g/mol. The van der Waals surface area contributed by atoms with Crippen molar-refractivity contribution in [2.45, 2.75) is 51.5 Å². The standard InChI is InChI=1S/C20H31N3O/c1-2-22-14-6-5-12-19(22)20(24)21-13-8-16-23-15-7-10-17-9-3-4-11-18(17)23/h3-4,9,11,19H,2,5-8,10,12-16H2,1H3,(H,21,24)/t19-/m1/s1. The molecule has 0 unspecified atom stereocenters. The number of nitrogens with one attached hydrogen (secondary N) is 1. The third kappa shape index (κ3) is 4.10. The molecule has 1 aromatic rings. The fourth-order valence-electron chi connectivity index (χ4n) is 4.11. The van der Waals surface area contributed by atoms with Gasteiger partial charge in [0, 0.05) is 25.3 Å². The molecule has 4 nitrogen and oxygen atoms in total. The van der Waals surface area contributed by atoms with Crippen molar-refractivity contribution >= 4 is 11.6 Å². The number of likely N-dealkylation sites (tertiary alicyclic amines) is 1. The van der Waals surface area contributed by atoms with Crippen molar-refractivity contribution in [2.24, 2.45) is 0 Å². The number of piperidine rings is 1. The van der Waals surface area contributed by atoms with Crippen molar-refractivity contribution in [3.05, 3.63) is 29.8 Å². The van der Waals surface area contributed by atoms with Crippen LogP contribution in [0.25, 0.3) is 0 Å². The number of carbonyl (C=O) groups excluding carboxylic acids is 1. The second-order valence-electron chi connectivity index (χ2n) is 7.00. The summed E-state index contributed by atoms with van der Waals surface area (Å²) in [6.07, 6.45) is 6.86. The van der Waals surface area contributed by atoms with E-state index in [2.05, 4.69) is 46.3 Å². The van der Waals surface area contributed by atoms with E-state index < -0.39 is 0 Å². The van der Waals surface area contributed by atoms with E-state index in [-0.39, 0.29) is 11.9 Å². The zero-order chi connectivity index (χ0) is 16.8. The minimum absolute atomic E-state index is 0.0967. The summed E-state index contributed by atoms with van der Waals surface area (Å²) < 4.78 is 0. The van der Waals surface area contributed by atoms with Gasteiger partial charge in [0.15, 0.2) is 0 Å². The molecule has 132 valence electrons. The van der Waals surface area contributed by atoms with Crippen molar-refractivity contribution in [2.75, 3.05) is 37.6 Å². The molecule has 24 heavy (non-hydrogen) atoms. The molecule has 2 heterocycles. The van der Waals surface area contributed by atoms with Gasteiger partial charge in [-0.15, -0.1) is 0 Å². The van der Waals surface area contributed by atoms with Gasteiger partial charge in [0.2, 0.25) is 5.91 Å². The van der Waals surface area contributed by atoms with E-state index in [1.165, 1.54) is 36.9 Å². The van der Waals surface area contributed by atoms with Crippen LogP contribution in [0.3, 0.4) is 0 Å². The van der Waals surface area contributed by atoms with Crippen LogP contribution in [-0.4, -0.2) is 49.6 Å². The molecule has 0 bridgehead atoms. The Morgan fingerprint density at radius 3 is 2.96 bits per heavy atom. The Kier molecular flexibility index (Phi) is 6.13. The molecule has 3 rings (SSSR count). The Bertz CT molecular complexity index is 545. The lowest BCUT2D eigenvalue weighted by atomic mass is 10.0. The van der Waals surface area contributed by atoms with Crippen LogP contribution in [0.5, 0.6) is 0 Å². The number of nitrogens with zero attached hydrogens (tertiary/aromatic N) is 2. The highest BCUT2D eigenvalue weighted by Crippen LogP contribution is 2.26. The molecule has 0 aliphatic carbocycles. The van der Waals surface area contributed by atoms with Gasteiger partial charge in [0.1, 0.15) is 0 Å². The van der Waals surface area contributed by atoms with Crippen LogP contribution in [0.15, 0.2) is 24.3 Å². The van der Waals surface area contributed by atoms with Crippen LogP contribution in [0, 0.1) is 0 Å². The van der Waals surface area contributed by atoms with Gasteiger partial charge < -0.3 is 10.2 Å². The van der Waals surface area contributed by atoms with Gasteiger partial charge >= 0.3 is 0 Å². The average molecular weight is 329 g/mol. The van der Waals surface area contributed by atoms with Crippen molar-refractivity contribution in [3.8, 4) is 0 Å². The number of anilines is 1. The van der Waals surface area contributed by atoms with Crippen molar-refractivity contribution < 1.29 is 4.79 Å². The van der Waals surface area contributed by atoms with Crippen LogP contribution in [0.4, 0.5) is 5.69 Å². The number of amides is 1. The largest absolute Gasteiger partial charge is 0.371 e. The molecule has 1 atom stereocenters. The summed E-state index contributed by atoms with van der Waals surface area (Å²) in [5.74, 6) is 0.232. The number of hydrogen-bond donors (Lipinski definition) is 1. The first-order valence-corrected chi connectivity index (χ1v) is 9.64. The van der Waals surface area contributed by atoms with Crippen molar-refractivity contribution in [3.63, 3.8) is 0 Å². The van der Waals surface area contributed by atoms with Crippen LogP contribution in [0.1, 0.15) is 44.6 Å². The summed E-state index contributed by atoms with van der Waals surface area (Å²) in [6, 6.07) is 8.83. The lowest BCUT2D eigenvalue weighted by molar-refractivity contribution is -0.127. The zero-order valence-electron chi connectivity index (χ0n) is 15.0. The quantitative estimate of drug-likeness (QED) is 0.815. The van der Waals surface area contributed by atoms with E-state index in [4.69, 9.17) is 0 Å². The maximum absolute atomic E-state index is 12.5. The predicted octanol–water partition coefficient (Wildman–Crippen LogP) is 2.82. The second kappa shape index (κ2) is 8.52. The molecule has 0 radical (unpaired) electrons. The Balaban J connectivity index is 1.43. The maximum Gasteiger partial charge on any atom is 0.237 e. The first-order chi connectivity index (χ1) is 11.8. The number of para-hydroxylation sites is 1. The molecule has 0 saturated carbocycles. The van der Waals surface area contributed by atoms with Gasteiger partial charge in [-0.05, 0) is 56.8 Å². The average Bonchev–Trinajstić information content (AvgIpc) is 2.65. The third-order valence-electron chi connectivity index (χ3n) is 5.43. The van der Waals surface area contributed by atoms with Crippen molar-refractivity contribution in [1.82, 2.24) is 10.2 Å². The normalized spacial score (nSPS) is 21.4. The number of rotatable bonds is 6. The maximum atomic E-state index is 12.5. The summed E-state index contributed by atoms with van der Waals surface area (Å²) in [5, 5.41) is 3.17. The van der Waals surface area contributed by atoms with E-state index in [9.17, 15) is 4.79 Å². The minimum atomic E-state index is 0.0967. The number of benzene rings is 1. The number of likely N-dealkylation sites (N-methyl/N-ethyl adjacent to an activating group) is 1. The van der Waals surface area contributed by atoms with Gasteiger partial charge in [-0.25, -0.2) is 0 Å². The molecule has 1 fully saturated rings. The van der Waals surface area contributed by atoms with E-state index in [1.807, 2.05) is 0 Å². The number of hydrogen-bond acceptors (Lipinski definition) is 3. The van der Waals surface area contributed by atoms with E-state index in [1.54, 1.807) is 0 Å². The number of aryl methyl sites for hydroxylation is 1. The van der Waals surface area contributed by atoms with E-state index >= 15 is 0 Å². The van der Waals surface area contributed by atoms with Gasteiger partial charge in [-0.3, -0.25) is 9.69 Å². The molecule has 4 heteroatoms. The third-order valence-corrected chi connectivity index (χ3v) is 5.43. The summed E-state index contributed by atoms with van der Waals surface area (Å²) in [7, 11) is 0. The molecule has 0 aromatic heterocycles. The highest BCUT2D eigenvalue weighted by Gasteiger charge is 2.27. The predicted molar refractivity (Wildman–Crippen MR) is 99.5 cm³/mol. The first-order valence-electron chi connectivity index (χ1n) is 9.64. The molecule has 1 N–H and O–H groups in total. The molecular formula is C20H31N3O. The van der Waals surface area contributed by atoms with Gasteiger partial charge in [0.05, 0.1) is 6.04 Å². The zero-order valence-corrected chi connectivity index (χ0v) is 15.0. The summed E-state index contributed by atoms with van der Waals surface area (Å²) in [5.41, 5.74) is 2.85. The topological polar surface area (TPSA) is 35.6 Å². The fraction of sp³-hybridized carbons (Fsp3) is 0.650. The minimum Gasteiger partial charge on any atom is -0.371 e. The van der Waals surface area contributed by atoms with Gasteiger partial charge in [-0.2, -0.15) is 0 Å². The molecule has 1 amide bonds. The summed E-state index contributed by atoms with van der Waals surface area (Å²) in [6.45, 7) is 7.14. The molecule has 2 aliphatic heterocycles. The highest BCUT2D eigenvalue weighted by atomic mass is 16.2. The molecular weight excluding hydrogens is 298 g/mol. The first kappa shape index (κ1) is 17.3. The Hall–Kier alpha value is -1.55. The lowest BCUT2D eigenvalue weighted by Gasteiger charge is -2.34. The molecule has 1 saturated heterocycles. The summed E-state index contributed by atoms with van der Waals surface area (Å²) in [4.78, 5) is 17.2. The van der Waals surface area contributed by atoms with Gasteiger partial charge in [0.25, 0.3) is 0 Å². The van der Waals surface area contributed by atoms with Gasteiger partial charge in [-0.1, -0.05) is 31.5 Å². The fourth-order valence-corrected chi connectivity index (χ4v) is 4.11. The molecule has 2 aliphatic rings. The van der Waals surface area contributed by atoms with Crippen LogP contribution < -0.4 is 10.2 Å². The number of carbonyl (C=O) groups is 1. The van der Waals surface area contributed by atoms with Crippen LogP contribution in [-0.2, 0) is 11.2 Å². The van der Waals surface area contributed by atoms with Crippen LogP contribution in [0.2, 0.25) is 0 Å². The number of fused-ring (bicyclic) bond motifs is 1. The smallest absolute Gasteiger partial charge is 0.237 e. The Morgan fingerprint density at radius 1 is 1.21 bits per heavy atom. The van der Waals surface area contributed by atoms with Crippen LogP contribution >= 0.6 is 0 Å². The van der Waals surface area contributed by atoms with E-state index in [0.29, 0.717) is 0 Å². The Morgan fingerprint density at radius 2 is 2.08 bits per heavy atom. The molecule has 0 spiro atoms. The highest BCUT2D eigenvalue weighted by molar-refractivity contribution is 5.81.